The summed E-state index contributed by atoms with van der Waals surface area (Å²) in [5.74, 6) is 2.38. The minimum Gasteiger partial charge on any atom is -0.507 e. The number of ether oxygens (including phenoxy) is 4. The second-order valence-electron chi connectivity index (χ2n) is 21.3. The summed E-state index contributed by atoms with van der Waals surface area (Å²) >= 11 is 6.52. The number of aromatic hydroxyl groups is 2. The monoisotopic (exact) mass is 1150 g/mol. The van der Waals surface area contributed by atoms with Crippen LogP contribution < -0.4 is 33.8 Å². The summed E-state index contributed by atoms with van der Waals surface area (Å²) in [6, 6.07) is 16.8. The van der Waals surface area contributed by atoms with Crippen LogP contribution >= 0.6 is 31.9 Å². The maximum atomic E-state index is 8.89. The van der Waals surface area contributed by atoms with Gasteiger partial charge in [-0.05, 0) is 181 Å². The van der Waals surface area contributed by atoms with Crippen molar-refractivity contribution in [2.45, 2.75) is 222 Å². The van der Waals surface area contributed by atoms with Gasteiger partial charge in [0.1, 0.15) is 27.5 Å². The van der Waals surface area contributed by atoms with Crippen molar-refractivity contribution in [2.24, 2.45) is 0 Å². The molecule has 4 saturated heterocycles. The van der Waals surface area contributed by atoms with Crippen molar-refractivity contribution >= 4 is 51.6 Å². The van der Waals surface area contributed by atoms with Gasteiger partial charge in [-0.25, -0.2) is 0 Å². The van der Waals surface area contributed by atoms with Crippen molar-refractivity contribution < 1.29 is 66.6 Å². The molecule has 0 aromatic heterocycles. The van der Waals surface area contributed by atoms with Gasteiger partial charge in [-0.3, -0.25) is 0 Å². The molecule has 7 rings (SSSR count). The molecule has 4 heterocycles. The van der Waals surface area contributed by atoms with E-state index in [0.717, 1.165) is 85.9 Å². The molecule has 0 bridgehead atoms. The molecule has 15 heteroatoms. The van der Waals surface area contributed by atoms with Crippen molar-refractivity contribution in [3.05, 3.63) is 81.6 Å². The Bertz CT molecular complexity index is 1830. The van der Waals surface area contributed by atoms with Gasteiger partial charge in [0, 0.05) is 31.9 Å². The number of phenolic OH excluding ortho intramolecular Hbond substituents is 2. The first-order valence-electron chi connectivity index (χ1n) is 27.4. The van der Waals surface area contributed by atoms with E-state index in [2.05, 4.69) is 155 Å². The van der Waals surface area contributed by atoms with Crippen molar-refractivity contribution in [3.63, 3.8) is 0 Å². The van der Waals surface area contributed by atoms with Crippen LogP contribution in [-0.4, -0.2) is 86.5 Å². The Labute approximate surface area is 481 Å². The fraction of sp³-hybridized carbons (Fsp3) is 0.678. The molecule has 0 amide bonds. The van der Waals surface area contributed by atoms with E-state index in [9.17, 15) is 0 Å². The number of hydrogen-bond acceptors (Lipinski definition) is 10. The van der Waals surface area contributed by atoms with Crippen LogP contribution in [0.5, 0.6) is 23.0 Å². The van der Waals surface area contributed by atoms with Gasteiger partial charge in [0.25, 0.3) is 0 Å². The molecular formula is C59H99B2Br2LiO10. The molecule has 0 unspecified atom stereocenters. The molecule has 3 aromatic carbocycles. The molecule has 0 aliphatic carbocycles. The van der Waals surface area contributed by atoms with Crippen molar-refractivity contribution in [2.75, 3.05) is 39.6 Å². The summed E-state index contributed by atoms with van der Waals surface area (Å²) in [6.07, 6.45) is 17.2. The SMILES string of the molecule is C1CCOC1.C1CCOC1.CC(C)B1OC(C)(C)C(C)(C)O1.CCCCCCOc1cccc(C)c1B1OC(C)(C)C(C)(C)O1.CCCCCCOc1cccc(C)c1Br.Oc1cccc(O)c1Br.[CH2-]CCC.[Li+]. The Morgan fingerprint density at radius 2 is 0.932 bits per heavy atom. The van der Waals surface area contributed by atoms with E-state index in [1.807, 2.05) is 24.3 Å². The summed E-state index contributed by atoms with van der Waals surface area (Å²) in [7, 11) is -0.415. The predicted molar refractivity (Wildman–Crippen MR) is 314 cm³/mol. The van der Waals surface area contributed by atoms with Gasteiger partial charge < -0.3 is 54.7 Å². The van der Waals surface area contributed by atoms with Gasteiger partial charge >= 0.3 is 33.1 Å². The van der Waals surface area contributed by atoms with Crippen molar-refractivity contribution in [1.82, 2.24) is 0 Å². The molecule has 0 radical (unpaired) electrons. The standard InChI is InChI=1S/C19H31BO3.C13H19BrO.C9H19BO2.C6H5BrO2.2C4H8O.C4H9.Li/c1-7-8-9-10-14-21-16-13-11-12-15(2)17(16)20-22-18(3,4)19(5,6)23-20;1-3-4-5-6-10-15-12-9-7-8-11(2)13(12)14;1-7(2)10-11-8(3,4)9(5,6)12-10;7-6-4(8)2-1-3-5(6)9;2*1-2-4-5-3-1;1-3-4-2;/h11-13H,7-10,14H2,1-6H3;7-9H,3-6,10H2,1-2H3;7H,1-6H3;1-3,8-9H;2*1-4H2;1,3-4H2,2H3;/q;;;;;;-1;+1. The third-order valence-electron chi connectivity index (χ3n) is 13.2. The van der Waals surface area contributed by atoms with Crippen LogP contribution in [0.1, 0.15) is 191 Å². The third kappa shape index (κ3) is 27.3. The predicted octanol–water partition coefficient (Wildman–Crippen LogP) is 13.5. The van der Waals surface area contributed by atoms with Gasteiger partial charge in [-0.15, -0.1) is 0 Å². The minimum absolute atomic E-state index is 0. The molecule has 0 saturated carbocycles. The second-order valence-corrected chi connectivity index (χ2v) is 22.8. The molecule has 0 atom stereocenters. The van der Waals surface area contributed by atoms with E-state index in [4.69, 9.17) is 47.8 Å². The molecule has 4 aliphatic rings. The maximum Gasteiger partial charge on any atom is 1.00 e. The fourth-order valence-corrected chi connectivity index (χ4v) is 7.53. The first-order chi connectivity index (χ1) is 34.4. The third-order valence-corrected chi connectivity index (χ3v) is 15.1. The number of halogens is 2. The molecule has 3 aromatic rings. The van der Waals surface area contributed by atoms with Crippen LogP contribution in [0.25, 0.3) is 0 Å². The first kappa shape index (κ1) is 72.3. The number of hydrogen-bond donors (Lipinski definition) is 2. The number of aryl methyl sites for hydroxylation is 2. The maximum absolute atomic E-state index is 8.89. The van der Waals surface area contributed by atoms with Crippen LogP contribution in [0.3, 0.4) is 0 Å². The minimum atomic E-state index is -0.369. The molecule has 0 spiro atoms. The van der Waals surface area contributed by atoms with Gasteiger partial charge in [0.15, 0.2) is 0 Å². The summed E-state index contributed by atoms with van der Waals surface area (Å²) in [4.78, 5) is 0. The molecule has 2 N–H and O–H groups in total. The Morgan fingerprint density at radius 1 is 0.554 bits per heavy atom. The van der Waals surface area contributed by atoms with Gasteiger partial charge in [0.2, 0.25) is 0 Å². The van der Waals surface area contributed by atoms with E-state index in [1.54, 1.807) is 6.07 Å². The second kappa shape index (κ2) is 38.8. The molecule has 74 heavy (non-hydrogen) atoms. The Hall–Kier alpha value is -1.69. The molecule has 10 nitrogen and oxygen atoms in total. The normalized spacial score (nSPS) is 17.2. The van der Waals surface area contributed by atoms with Gasteiger partial charge in [-0.1, -0.05) is 110 Å². The summed E-state index contributed by atoms with van der Waals surface area (Å²) in [5.41, 5.74) is 2.37. The average Bonchev–Trinajstić information content (AvgIpc) is 4.18. The number of phenols is 2. The summed E-state index contributed by atoms with van der Waals surface area (Å²) in [5, 5.41) is 17.8. The topological polar surface area (TPSA) is 114 Å². The number of unbranched alkanes of at least 4 members (excludes halogenated alkanes) is 7. The van der Waals surface area contributed by atoms with E-state index < -0.39 is 0 Å². The Morgan fingerprint density at radius 3 is 1.28 bits per heavy atom. The number of benzene rings is 3. The average molecular weight is 1160 g/mol. The van der Waals surface area contributed by atoms with Crippen molar-refractivity contribution in [3.8, 4) is 23.0 Å². The van der Waals surface area contributed by atoms with E-state index in [0.29, 0.717) is 10.3 Å². The number of rotatable bonds is 15. The van der Waals surface area contributed by atoms with E-state index in [-0.39, 0.29) is 67.0 Å². The van der Waals surface area contributed by atoms with Gasteiger partial charge in [0.05, 0.1) is 40.1 Å². The zero-order valence-corrected chi connectivity index (χ0v) is 52.4. The Kier molecular flexibility index (Phi) is 37.9. The molecule has 416 valence electrons. The zero-order chi connectivity index (χ0) is 55.1. The van der Waals surface area contributed by atoms with Crippen LogP contribution in [-0.2, 0) is 28.1 Å². The van der Waals surface area contributed by atoms with Crippen LogP contribution in [0.2, 0.25) is 5.82 Å². The molecule has 4 aliphatic heterocycles. The van der Waals surface area contributed by atoms with Crippen LogP contribution in [0.4, 0.5) is 0 Å². The largest absolute Gasteiger partial charge is 1.00 e. The van der Waals surface area contributed by atoms with Crippen molar-refractivity contribution in [1.29, 1.82) is 0 Å². The van der Waals surface area contributed by atoms with E-state index in [1.165, 1.54) is 88.3 Å². The van der Waals surface area contributed by atoms with Crippen LogP contribution in [0.15, 0.2) is 63.5 Å². The van der Waals surface area contributed by atoms with Crippen LogP contribution in [0, 0.1) is 20.8 Å². The smallest absolute Gasteiger partial charge is 0.507 e. The zero-order valence-electron chi connectivity index (χ0n) is 49.2. The van der Waals surface area contributed by atoms with Gasteiger partial charge in [-0.2, -0.15) is 6.42 Å². The fourth-order valence-electron chi connectivity index (χ4n) is 6.89. The Balaban J connectivity index is 0.000000909. The molecule has 4 fully saturated rings. The van der Waals surface area contributed by atoms with E-state index >= 15 is 0 Å². The first-order valence-corrected chi connectivity index (χ1v) is 28.9. The summed E-state index contributed by atoms with van der Waals surface area (Å²) < 4.78 is 47.1. The quantitative estimate of drug-likeness (QED) is 0.0866. The molecular weight excluding hydrogens is 1060 g/mol. The summed E-state index contributed by atoms with van der Waals surface area (Å²) in [6.45, 7) is 40.8.